The molecule has 3 aliphatic carbocycles. The van der Waals surface area contributed by atoms with Gasteiger partial charge in [-0.2, -0.15) is 0 Å². The van der Waals surface area contributed by atoms with E-state index in [1.807, 2.05) is 0 Å². The zero-order valence-corrected chi connectivity index (χ0v) is 15.8. The SMILES string of the molecule is CC(C)c1cc(C2C=CCCC2)c(C2=C3CCCCC3CC=C2)cn1. The fraction of sp³-hybridized carbons (Fsp3) is 0.542. The maximum Gasteiger partial charge on any atom is 0.0432 e. The number of aromatic nitrogens is 1. The lowest BCUT2D eigenvalue weighted by atomic mass is 9.74. The van der Waals surface area contributed by atoms with Crippen LogP contribution in [0.3, 0.4) is 0 Å². The normalized spacial score (nSPS) is 26.2. The largest absolute Gasteiger partial charge is 0.260 e. The molecule has 0 N–H and O–H groups in total. The lowest BCUT2D eigenvalue weighted by Gasteiger charge is -2.31. The number of allylic oxidation sites excluding steroid dienone is 6. The number of hydrogen-bond acceptors (Lipinski definition) is 1. The van der Waals surface area contributed by atoms with Gasteiger partial charge in [0.25, 0.3) is 0 Å². The summed E-state index contributed by atoms with van der Waals surface area (Å²) in [6.07, 6.45) is 22.3. The van der Waals surface area contributed by atoms with E-state index >= 15 is 0 Å². The summed E-state index contributed by atoms with van der Waals surface area (Å²) in [5, 5.41) is 0. The van der Waals surface area contributed by atoms with Crippen molar-refractivity contribution in [1.82, 2.24) is 4.98 Å². The molecule has 0 saturated heterocycles. The van der Waals surface area contributed by atoms with Gasteiger partial charge in [0.1, 0.15) is 0 Å². The quantitative estimate of drug-likeness (QED) is 0.546. The number of nitrogens with zero attached hydrogens (tertiary/aromatic N) is 1. The Morgan fingerprint density at radius 2 is 2.00 bits per heavy atom. The summed E-state index contributed by atoms with van der Waals surface area (Å²) in [6, 6.07) is 2.41. The van der Waals surface area contributed by atoms with E-state index in [1.54, 1.807) is 5.57 Å². The minimum atomic E-state index is 0.488. The number of hydrogen-bond donors (Lipinski definition) is 0. The highest BCUT2D eigenvalue weighted by atomic mass is 14.7. The predicted molar refractivity (Wildman–Crippen MR) is 107 cm³/mol. The molecule has 2 unspecified atom stereocenters. The average molecular weight is 334 g/mol. The van der Waals surface area contributed by atoms with E-state index < -0.39 is 0 Å². The molecular weight excluding hydrogens is 302 g/mol. The van der Waals surface area contributed by atoms with Crippen molar-refractivity contribution < 1.29 is 0 Å². The standard InChI is InChI=1S/C24H31N/c1-17(2)24-15-22(19-9-4-3-5-10-19)23(16-25-24)21-14-8-12-18-11-6-7-13-20(18)21/h4,8-9,14-19H,3,5-7,10-13H2,1-2H3. The van der Waals surface area contributed by atoms with Crippen molar-refractivity contribution in [2.45, 2.75) is 77.0 Å². The molecule has 0 bridgehead atoms. The fourth-order valence-corrected chi connectivity index (χ4v) is 4.83. The van der Waals surface area contributed by atoms with Gasteiger partial charge < -0.3 is 0 Å². The first-order valence-electron chi connectivity index (χ1n) is 10.3. The van der Waals surface area contributed by atoms with E-state index in [1.165, 1.54) is 73.8 Å². The Bertz CT molecular complexity index is 720. The van der Waals surface area contributed by atoms with Crippen molar-refractivity contribution >= 4 is 5.57 Å². The van der Waals surface area contributed by atoms with E-state index in [4.69, 9.17) is 4.98 Å². The maximum absolute atomic E-state index is 4.85. The summed E-state index contributed by atoms with van der Waals surface area (Å²) in [7, 11) is 0. The molecule has 1 aromatic heterocycles. The molecule has 1 heteroatoms. The molecule has 0 aliphatic heterocycles. The van der Waals surface area contributed by atoms with Gasteiger partial charge in [0.15, 0.2) is 0 Å². The summed E-state index contributed by atoms with van der Waals surface area (Å²) in [4.78, 5) is 4.85. The molecule has 132 valence electrons. The molecule has 1 fully saturated rings. The minimum Gasteiger partial charge on any atom is -0.260 e. The zero-order chi connectivity index (χ0) is 17.2. The summed E-state index contributed by atoms with van der Waals surface area (Å²) in [5.41, 5.74) is 7.40. The average Bonchev–Trinajstić information content (AvgIpc) is 2.68. The Morgan fingerprint density at radius 1 is 1.08 bits per heavy atom. The molecule has 0 amide bonds. The zero-order valence-electron chi connectivity index (χ0n) is 15.8. The Hall–Kier alpha value is -1.63. The van der Waals surface area contributed by atoms with Crippen molar-refractivity contribution in [3.05, 3.63) is 59.0 Å². The first kappa shape index (κ1) is 16.8. The summed E-state index contributed by atoms with van der Waals surface area (Å²) >= 11 is 0. The van der Waals surface area contributed by atoms with Crippen molar-refractivity contribution in [2.75, 3.05) is 0 Å². The van der Waals surface area contributed by atoms with Crippen LogP contribution in [0.1, 0.15) is 93.9 Å². The van der Waals surface area contributed by atoms with Crippen LogP contribution >= 0.6 is 0 Å². The summed E-state index contributed by atoms with van der Waals surface area (Å²) in [5.74, 6) is 1.84. The Labute approximate surface area is 152 Å². The van der Waals surface area contributed by atoms with Crippen LogP contribution in [0.4, 0.5) is 0 Å². The first-order valence-corrected chi connectivity index (χ1v) is 10.3. The van der Waals surface area contributed by atoms with Gasteiger partial charge in [-0.1, -0.05) is 50.1 Å². The van der Waals surface area contributed by atoms with Crippen LogP contribution in [0.2, 0.25) is 0 Å². The van der Waals surface area contributed by atoms with Crippen LogP contribution in [-0.2, 0) is 0 Å². The molecule has 3 aliphatic rings. The van der Waals surface area contributed by atoms with Crippen LogP contribution in [0.15, 0.2) is 42.1 Å². The number of pyridine rings is 1. The Kier molecular flexibility index (Phi) is 4.92. The second-order valence-electron chi connectivity index (χ2n) is 8.34. The molecule has 0 spiro atoms. The van der Waals surface area contributed by atoms with Gasteiger partial charge in [-0.25, -0.2) is 0 Å². The van der Waals surface area contributed by atoms with Gasteiger partial charge in [-0.3, -0.25) is 4.98 Å². The van der Waals surface area contributed by atoms with Crippen LogP contribution in [-0.4, -0.2) is 4.98 Å². The Morgan fingerprint density at radius 3 is 2.80 bits per heavy atom. The molecule has 1 heterocycles. The van der Waals surface area contributed by atoms with Crippen molar-refractivity contribution in [2.24, 2.45) is 5.92 Å². The smallest absolute Gasteiger partial charge is 0.0432 e. The highest BCUT2D eigenvalue weighted by molar-refractivity contribution is 5.80. The van der Waals surface area contributed by atoms with Gasteiger partial charge in [-0.15, -0.1) is 0 Å². The van der Waals surface area contributed by atoms with Gasteiger partial charge in [-0.05, 0) is 74.0 Å². The number of fused-ring (bicyclic) bond motifs is 1. The molecule has 4 rings (SSSR count). The van der Waals surface area contributed by atoms with Gasteiger partial charge in [0.05, 0.1) is 0 Å². The number of rotatable bonds is 3. The van der Waals surface area contributed by atoms with E-state index in [0.717, 1.165) is 5.92 Å². The van der Waals surface area contributed by atoms with E-state index in [-0.39, 0.29) is 0 Å². The summed E-state index contributed by atoms with van der Waals surface area (Å²) in [6.45, 7) is 4.50. The molecule has 0 aromatic carbocycles. The third kappa shape index (κ3) is 3.38. The molecule has 1 aromatic rings. The van der Waals surface area contributed by atoms with Crippen LogP contribution in [0.25, 0.3) is 5.57 Å². The van der Waals surface area contributed by atoms with Crippen LogP contribution in [0.5, 0.6) is 0 Å². The maximum atomic E-state index is 4.85. The minimum absolute atomic E-state index is 0.488. The van der Waals surface area contributed by atoms with Crippen molar-refractivity contribution in [3.8, 4) is 0 Å². The molecule has 1 nitrogen and oxygen atoms in total. The fourth-order valence-electron chi connectivity index (χ4n) is 4.83. The van der Waals surface area contributed by atoms with E-state index in [0.29, 0.717) is 11.8 Å². The predicted octanol–water partition coefficient (Wildman–Crippen LogP) is 6.93. The second kappa shape index (κ2) is 7.32. The van der Waals surface area contributed by atoms with Gasteiger partial charge in [0, 0.05) is 23.4 Å². The lowest BCUT2D eigenvalue weighted by molar-refractivity contribution is 0.455. The van der Waals surface area contributed by atoms with Crippen molar-refractivity contribution in [3.63, 3.8) is 0 Å². The monoisotopic (exact) mass is 333 g/mol. The lowest BCUT2D eigenvalue weighted by Crippen LogP contribution is -2.15. The van der Waals surface area contributed by atoms with Crippen LogP contribution in [0, 0.1) is 5.92 Å². The Balaban J connectivity index is 1.83. The van der Waals surface area contributed by atoms with E-state index in [2.05, 4.69) is 50.4 Å². The molecule has 25 heavy (non-hydrogen) atoms. The summed E-state index contributed by atoms with van der Waals surface area (Å²) < 4.78 is 0. The van der Waals surface area contributed by atoms with Crippen LogP contribution < -0.4 is 0 Å². The van der Waals surface area contributed by atoms with Gasteiger partial charge in [0.2, 0.25) is 0 Å². The van der Waals surface area contributed by atoms with Gasteiger partial charge >= 0.3 is 0 Å². The molecular formula is C24H31N. The third-order valence-electron chi connectivity index (χ3n) is 6.29. The second-order valence-corrected chi connectivity index (χ2v) is 8.34. The molecule has 1 saturated carbocycles. The highest BCUT2D eigenvalue weighted by Gasteiger charge is 2.26. The first-order chi connectivity index (χ1) is 12.2. The highest BCUT2D eigenvalue weighted by Crippen LogP contribution is 2.43. The topological polar surface area (TPSA) is 12.9 Å². The molecule has 2 atom stereocenters. The molecule has 0 radical (unpaired) electrons. The van der Waals surface area contributed by atoms with Crippen molar-refractivity contribution in [1.29, 1.82) is 0 Å². The third-order valence-corrected chi connectivity index (χ3v) is 6.29. The van der Waals surface area contributed by atoms with E-state index in [9.17, 15) is 0 Å².